The van der Waals surface area contributed by atoms with Crippen LogP contribution in [0.4, 0.5) is 0 Å². The summed E-state index contributed by atoms with van der Waals surface area (Å²) in [6.07, 6.45) is 1.87. The summed E-state index contributed by atoms with van der Waals surface area (Å²) in [6, 6.07) is 0. The second-order valence-electron chi connectivity index (χ2n) is 3.70. The summed E-state index contributed by atoms with van der Waals surface area (Å²) >= 11 is 0. The Hall–Kier alpha value is -0.790. The van der Waals surface area contributed by atoms with Crippen LogP contribution in [0, 0.1) is 11.8 Å². The first-order valence-corrected chi connectivity index (χ1v) is 4.21. The molecule has 0 bridgehead atoms. The third-order valence-electron chi connectivity index (χ3n) is 2.77. The Morgan fingerprint density at radius 2 is 2.09 bits per heavy atom. The third-order valence-corrected chi connectivity index (χ3v) is 2.77. The normalized spacial score (nSPS) is 36.0. The first kappa shape index (κ1) is 6.89. The number of hydrogen-bond acceptors (Lipinski definition) is 1. The van der Waals surface area contributed by atoms with E-state index >= 15 is 0 Å². The Kier molecular flexibility index (Phi) is 1.31. The van der Waals surface area contributed by atoms with E-state index in [0.29, 0.717) is 18.3 Å². The van der Waals surface area contributed by atoms with Crippen LogP contribution in [0.3, 0.4) is 0 Å². The van der Waals surface area contributed by atoms with Gasteiger partial charge in [0, 0.05) is 5.70 Å². The lowest BCUT2D eigenvalue weighted by atomic mass is 10.0. The average molecular weight is 151 g/mol. The van der Waals surface area contributed by atoms with Gasteiger partial charge in [0.1, 0.15) is 0 Å². The minimum absolute atomic E-state index is 0.188. The minimum atomic E-state index is 0.188. The van der Waals surface area contributed by atoms with Crippen molar-refractivity contribution in [3.63, 3.8) is 0 Å². The van der Waals surface area contributed by atoms with E-state index in [1.54, 1.807) is 0 Å². The molecular formula is C9H13NO. The molecule has 0 saturated heterocycles. The summed E-state index contributed by atoms with van der Waals surface area (Å²) in [7, 11) is 0. The van der Waals surface area contributed by atoms with E-state index < -0.39 is 0 Å². The van der Waals surface area contributed by atoms with Gasteiger partial charge in [-0.25, -0.2) is 0 Å². The lowest BCUT2D eigenvalue weighted by Gasteiger charge is -2.08. The van der Waals surface area contributed by atoms with Gasteiger partial charge in [-0.05, 0) is 23.8 Å². The van der Waals surface area contributed by atoms with E-state index in [1.807, 2.05) is 0 Å². The largest absolute Gasteiger partial charge is 0.329 e. The molecule has 0 aromatic heterocycles. The molecule has 2 atom stereocenters. The number of amides is 1. The van der Waals surface area contributed by atoms with Gasteiger partial charge in [-0.3, -0.25) is 4.79 Å². The van der Waals surface area contributed by atoms with E-state index in [0.717, 1.165) is 0 Å². The quantitative estimate of drug-likeness (QED) is 0.557. The number of hydrogen-bond donors (Lipinski definition) is 1. The van der Waals surface area contributed by atoms with Crippen LogP contribution >= 0.6 is 0 Å². The molecule has 11 heavy (non-hydrogen) atoms. The summed E-state index contributed by atoms with van der Waals surface area (Å²) in [5.41, 5.74) is 2.59. The van der Waals surface area contributed by atoms with Gasteiger partial charge in [-0.1, -0.05) is 13.8 Å². The van der Waals surface area contributed by atoms with Crippen LogP contribution in [0.1, 0.15) is 26.7 Å². The zero-order valence-corrected chi connectivity index (χ0v) is 6.98. The number of allylic oxidation sites excluding steroid dienone is 1. The maximum atomic E-state index is 11.0. The van der Waals surface area contributed by atoms with Gasteiger partial charge in [-0.2, -0.15) is 0 Å². The van der Waals surface area contributed by atoms with Gasteiger partial charge in [0.25, 0.3) is 0 Å². The monoisotopic (exact) mass is 151 g/mol. The highest BCUT2D eigenvalue weighted by Crippen LogP contribution is 2.39. The van der Waals surface area contributed by atoms with Gasteiger partial charge in [0.05, 0.1) is 6.42 Å². The highest BCUT2D eigenvalue weighted by Gasteiger charge is 2.34. The molecule has 2 heteroatoms. The molecule has 1 heterocycles. The Labute approximate surface area is 66.7 Å². The third kappa shape index (κ3) is 0.889. The predicted molar refractivity (Wildman–Crippen MR) is 42.7 cm³/mol. The van der Waals surface area contributed by atoms with Gasteiger partial charge < -0.3 is 5.32 Å². The summed E-state index contributed by atoms with van der Waals surface area (Å²) in [5.74, 6) is 1.39. The van der Waals surface area contributed by atoms with E-state index in [9.17, 15) is 4.79 Å². The fourth-order valence-corrected chi connectivity index (χ4v) is 2.21. The molecule has 2 rings (SSSR count). The molecule has 0 saturated carbocycles. The van der Waals surface area contributed by atoms with E-state index in [-0.39, 0.29) is 5.91 Å². The van der Waals surface area contributed by atoms with Gasteiger partial charge in [0.15, 0.2) is 0 Å². The van der Waals surface area contributed by atoms with Crippen LogP contribution in [0.2, 0.25) is 0 Å². The predicted octanol–water partition coefficient (Wildman–Crippen LogP) is 1.44. The van der Waals surface area contributed by atoms with E-state index in [4.69, 9.17) is 0 Å². The first-order valence-electron chi connectivity index (χ1n) is 4.21. The Bertz CT molecular complexity index is 220. The van der Waals surface area contributed by atoms with Crippen molar-refractivity contribution in [1.82, 2.24) is 5.32 Å². The van der Waals surface area contributed by atoms with Crippen molar-refractivity contribution in [3.8, 4) is 0 Å². The maximum Gasteiger partial charge on any atom is 0.228 e. The molecule has 0 aromatic carbocycles. The molecule has 60 valence electrons. The average Bonchev–Trinajstić information content (AvgIpc) is 2.38. The molecule has 1 N–H and O–H groups in total. The maximum absolute atomic E-state index is 11.0. The second kappa shape index (κ2) is 2.10. The van der Waals surface area contributed by atoms with Crippen molar-refractivity contribution >= 4 is 5.91 Å². The summed E-state index contributed by atoms with van der Waals surface area (Å²) in [4.78, 5) is 11.0. The van der Waals surface area contributed by atoms with Crippen LogP contribution in [0.15, 0.2) is 11.3 Å². The fraction of sp³-hybridized carbons (Fsp3) is 0.667. The lowest BCUT2D eigenvalue weighted by Crippen LogP contribution is -2.19. The molecule has 1 aliphatic heterocycles. The molecule has 0 radical (unpaired) electrons. The highest BCUT2D eigenvalue weighted by atomic mass is 16.1. The summed E-state index contributed by atoms with van der Waals surface area (Å²) in [5, 5.41) is 2.94. The molecule has 2 nitrogen and oxygen atoms in total. The van der Waals surface area contributed by atoms with Crippen molar-refractivity contribution < 1.29 is 4.79 Å². The molecular weight excluding hydrogens is 138 g/mol. The Balaban J connectivity index is 2.29. The van der Waals surface area contributed by atoms with Crippen molar-refractivity contribution in [3.05, 3.63) is 11.3 Å². The minimum Gasteiger partial charge on any atom is -0.329 e. The molecule has 0 aromatic rings. The second-order valence-corrected chi connectivity index (χ2v) is 3.70. The number of carbonyl (C=O) groups is 1. The number of nitrogens with one attached hydrogen (secondary N) is 1. The van der Waals surface area contributed by atoms with E-state index in [2.05, 4.69) is 19.2 Å². The summed E-state index contributed by atoms with van der Waals surface area (Å²) in [6.45, 7) is 4.39. The Morgan fingerprint density at radius 3 is 2.73 bits per heavy atom. The Morgan fingerprint density at radius 1 is 1.36 bits per heavy atom. The van der Waals surface area contributed by atoms with Crippen LogP contribution in [-0.2, 0) is 4.79 Å². The first-order chi connectivity index (χ1) is 5.18. The topological polar surface area (TPSA) is 29.1 Å². The molecule has 2 aliphatic rings. The highest BCUT2D eigenvalue weighted by molar-refractivity contribution is 5.84. The molecule has 1 amide bonds. The van der Waals surface area contributed by atoms with Crippen molar-refractivity contribution in [1.29, 1.82) is 0 Å². The van der Waals surface area contributed by atoms with Crippen LogP contribution in [0.25, 0.3) is 0 Å². The van der Waals surface area contributed by atoms with Crippen molar-refractivity contribution in [2.24, 2.45) is 11.8 Å². The lowest BCUT2D eigenvalue weighted by molar-refractivity contribution is -0.119. The number of rotatable bonds is 0. The van der Waals surface area contributed by atoms with Crippen molar-refractivity contribution in [2.75, 3.05) is 0 Å². The standard InChI is InChI=1S/C9H13NO/c1-5-3-6(2)9-7(5)4-8(11)10-9/h5-6H,3-4H2,1-2H3,(H,10,11). The van der Waals surface area contributed by atoms with Gasteiger partial charge in [-0.15, -0.1) is 0 Å². The van der Waals surface area contributed by atoms with Crippen LogP contribution in [-0.4, -0.2) is 5.91 Å². The van der Waals surface area contributed by atoms with Crippen LogP contribution in [0.5, 0.6) is 0 Å². The summed E-state index contributed by atoms with van der Waals surface area (Å²) < 4.78 is 0. The van der Waals surface area contributed by atoms with Gasteiger partial charge >= 0.3 is 0 Å². The van der Waals surface area contributed by atoms with Gasteiger partial charge in [0.2, 0.25) is 5.91 Å². The van der Waals surface area contributed by atoms with Crippen LogP contribution < -0.4 is 5.32 Å². The SMILES string of the molecule is CC1CC(C)C2=C1CC(=O)N2. The zero-order valence-electron chi connectivity index (χ0n) is 6.98. The zero-order chi connectivity index (χ0) is 8.01. The molecule has 2 unspecified atom stereocenters. The molecule has 1 aliphatic carbocycles. The van der Waals surface area contributed by atoms with E-state index in [1.165, 1.54) is 17.7 Å². The molecule has 0 fully saturated rings. The van der Waals surface area contributed by atoms with Crippen molar-refractivity contribution in [2.45, 2.75) is 26.7 Å². The fourth-order valence-electron chi connectivity index (χ4n) is 2.21. The molecule has 0 spiro atoms. The smallest absolute Gasteiger partial charge is 0.228 e. The number of carbonyl (C=O) groups excluding carboxylic acids is 1.